The first-order chi connectivity index (χ1) is 12.6. The summed E-state index contributed by atoms with van der Waals surface area (Å²) in [5, 5.41) is 9.21. The van der Waals surface area contributed by atoms with Gasteiger partial charge in [0.1, 0.15) is 0 Å². The van der Waals surface area contributed by atoms with Gasteiger partial charge in [0.2, 0.25) is 0 Å². The second-order valence-corrected chi connectivity index (χ2v) is 6.51. The molecule has 154 valence electrons. The van der Waals surface area contributed by atoms with Gasteiger partial charge in [-0.3, -0.25) is 9.79 Å². The molecule has 6 nitrogen and oxygen atoms in total. The van der Waals surface area contributed by atoms with Crippen molar-refractivity contribution in [2.45, 2.75) is 33.6 Å². The number of carbonyl (C=O) groups excluding carboxylic acids is 1. The summed E-state index contributed by atoms with van der Waals surface area (Å²) in [7, 11) is 1.64. The lowest BCUT2D eigenvalue weighted by atomic mass is 10.1. The van der Waals surface area contributed by atoms with Crippen LogP contribution in [0.3, 0.4) is 0 Å². The van der Waals surface area contributed by atoms with Crippen molar-refractivity contribution in [3.8, 4) is 0 Å². The molecule has 1 rings (SSSR count). The summed E-state index contributed by atoms with van der Waals surface area (Å²) in [6.07, 6.45) is 1.90. The second kappa shape index (κ2) is 15.7. The van der Waals surface area contributed by atoms with Crippen molar-refractivity contribution >= 4 is 35.8 Å². The average Bonchev–Trinajstić information content (AvgIpc) is 2.63. The number of benzene rings is 1. The lowest BCUT2D eigenvalue weighted by Crippen LogP contribution is -2.38. The number of guanidine groups is 1. The minimum atomic E-state index is -0.0628. The van der Waals surface area contributed by atoms with E-state index in [1.165, 1.54) is 0 Å². The van der Waals surface area contributed by atoms with E-state index >= 15 is 0 Å². The van der Waals surface area contributed by atoms with Crippen LogP contribution in [-0.2, 0) is 11.2 Å². The van der Waals surface area contributed by atoms with Gasteiger partial charge in [-0.1, -0.05) is 26.0 Å². The van der Waals surface area contributed by atoms with Crippen molar-refractivity contribution in [3.63, 3.8) is 0 Å². The van der Waals surface area contributed by atoms with Crippen molar-refractivity contribution in [2.24, 2.45) is 10.9 Å². The normalized spacial score (nSPS) is 11.1. The predicted octanol–water partition coefficient (Wildman–Crippen LogP) is 2.82. The zero-order valence-electron chi connectivity index (χ0n) is 17.0. The number of rotatable bonds is 11. The highest BCUT2D eigenvalue weighted by molar-refractivity contribution is 14.0. The summed E-state index contributed by atoms with van der Waals surface area (Å²) >= 11 is 0. The van der Waals surface area contributed by atoms with Gasteiger partial charge in [-0.2, -0.15) is 0 Å². The van der Waals surface area contributed by atoms with Gasteiger partial charge in [0.25, 0.3) is 5.91 Å². The fourth-order valence-corrected chi connectivity index (χ4v) is 2.32. The van der Waals surface area contributed by atoms with E-state index in [4.69, 9.17) is 4.74 Å². The SMILES string of the molecule is CCNC(=NCCOCCC(C)C)NCCc1cccc(C(=O)NC)c1.I. The van der Waals surface area contributed by atoms with E-state index in [-0.39, 0.29) is 29.9 Å². The van der Waals surface area contributed by atoms with Crippen molar-refractivity contribution in [1.82, 2.24) is 16.0 Å². The van der Waals surface area contributed by atoms with Crippen molar-refractivity contribution < 1.29 is 9.53 Å². The molecule has 0 saturated carbocycles. The number of hydrogen-bond donors (Lipinski definition) is 3. The average molecular weight is 490 g/mol. The van der Waals surface area contributed by atoms with E-state index in [2.05, 4.69) is 34.8 Å². The third kappa shape index (κ3) is 11.9. The van der Waals surface area contributed by atoms with E-state index in [1.54, 1.807) is 7.05 Å². The Morgan fingerprint density at radius 3 is 2.67 bits per heavy atom. The molecule has 0 aliphatic heterocycles. The molecule has 0 heterocycles. The Morgan fingerprint density at radius 1 is 1.22 bits per heavy atom. The lowest BCUT2D eigenvalue weighted by molar-refractivity contribution is 0.0963. The second-order valence-electron chi connectivity index (χ2n) is 6.51. The highest BCUT2D eigenvalue weighted by Crippen LogP contribution is 2.05. The van der Waals surface area contributed by atoms with E-state index in [0.717, 1.165) is 44.1 Å². The number of nitrogens with one attached hydrogen (secondary N) is 3. The molecular weight excluding hydrogens is 455 g/mol. The zero-order valence-corrected chi connectivity index (χ0v) is 19.3. The largest absolute Gasteiger partial charge is 0.380 e. The molecule has 0 bridgehead atoms. The third-order valence-electron chi connectivity index (χ3n) is 3.81. The van der Waals surface area contributed by atoms with Gasteiger partial charge in [-0.25, -0.2) is 0 Å². The fourth-order valence-electron chi connectivity index (χ4n) is 2.32. The monoisotopic (exact) mass is 490 g/mol. The zero-order chi connectivity index (χ0) is 19.2. The van der Waals surface area contributed by atoms with Crippen LogP contribution in [0.2, 0.25) is 0 Å². The molecule has 0 saturated heterocycles. The topological polar surface area (TPSA) is 74.8 Å². The molecule has 0 atom stereocenters. The number of hydrogen-bond acceptors (Lipinski definition) is 3. The van der Waals surface area contributed by atoms with Crippen LogP contribution in [0.15, 0.2) is 29.3 Å². The van der Waals surface area contributed by atoms with Gasteiger partial charge >= 0.3 is 0 Å². The lowest BCUT2D eigenvalue weighted by Gasteiger charge is -2.12. The molecule has 0 fully saturated rings. The Balaban J connectivity index is 0.00000676. The van der Waals surface area contributed by atoms with Gasteiger partial charge in [0.15, 0.2) is 5.96 Å². The van der Waals surface area contributed by atoms with Gasteiger partial charge in [-0.15, -0.1) is 24.0 Å². The number of carbonyl (C=O) groups is 1. The minimum Gasteiger partial charge on any atom is -0.380 e. The first-order valence-corrected chi connectivity index (χ1v) is 9.47. The highest BCUT2D eigenvalue weighted by Gasteiger charge is 2.04. The standard InChI is InChI=1S/C20H34N4O2.HI/c1-5-22-20(24-12-14-26-13-10-16(2)3)23-11-9-17-7-6-8-18(15-17)19(25)21-4;/h6-8,15-16H,5,9-14H2,1-4H3,(H,21,25)(H2,22,23,24);1H. The molecule has 0 unspecified atom stereocenters. The Morgan fingerprint density at radius 2 is 2.00 bits per heavy atom. The van der Waals surface area contributed by atoms with Crippen LogP contribution in [0.5, 0.6) is 0 Å². The van der Waals surface area contributed by atoms with Crippen LogP contribution < -0.4 is 16.0 Å². The summed E-state index contributed by atoms with van der Waals surface area (Å²) < 4.78 is 5.59. The predicted molar refractivity (Wildman–Crippen MR) is 123 cm³/mol. The van der Waals surface area contributed by atoms with Crippen LogP contribution in [-0.4, -0.2) is 51.8 Å². The van der Waals surface area contributed by atoms with Gasteiger partial charge in [-0.05, 0) is 43.4 Å². The number of halogens is 1. The Hall–Kier alpha value is -1.35. The number of amides is 1. The summed E-state index contributed by atoms with van der Waals surface area (Å²) in [5.74, 6) is 1.40. The summed E-state index contributed by atoms with van der Waals surface area (Å²) in [6.45, 7) is 10.1. The first kappa shape index (κ1) is 25.6. The molecule has 3 N–H and O–H groups in total. The maximum absolute atomic E-state index is 11.7. The summed E-state index contributed by atoms with van der Waals surface area (Å²) in [6, 6.07) is 7.68. The fraction of sp³-hybridized carbons (Fsp3) is 0.600. The maximum atomic E-state index is 11.7. The number of nitrogens with zero attached hydrogens (tertiary/aromatic N) is 1. The van der Waals surface area contributed by atoms with E-state index in [1.807, 2.05) is 31.2 Å². The molecule has 1 amide bonds. The molecule has 1 aromatic rings. The number of aliphatic imine (C=N–C) groups is 1. The van der Waals surface area contributed by atoms with Crippen molar-refractivity contribution in [2.75, 3.05) is 39.9 Å². The molecule has 7 heteroatoms. The van der Waals surface area contributed by atoms with Crippen LogP contribution in [0, 0.1) is 5.92 Å². The van der Waals surface area contributed by atoms with Crippen LogP contribution >= 0.6 is 24.0 Å². The molecule has 0 aromatic heterocycles. The smallest absolute Gasteiger partial charge is 0.251 e. The molecule has 0 spiro atoms. The minimum absolute atomic E-state index is 0. The quantitative estimate of drug-likeness (QED) is 0.193. The number of ether oxygens (including phenoxy) is 1. The van der Waals surface area contributed by atoms with E-state index in [9.17, 15) is 4.79 Å². The highest BCUT2D eigenvalue weighted by atomic mass is 127. The first-order valence-electron chi connectivity index (χ1n) is 9.47. The van der Waals surface area contributed by atoms with Gasteiger partial charge in [0.05, 0.1) is 13.2 Å². The van der Waals surface area contributed by atoms with E-state index in [0.29, 0.717) is 24.6 Å². The Bertz CT molecular complexity index is 565. The van der Waals surface area contributed by atoms with Crippen LogP contribution in [0.1, 0.15) is 43.1 Å². The molecule has 27 heavy (non-hydrogen) atoms. The third-order valence-corrected chi connectivity index (χ3v) is 3.81. The van der Waals surface area contributed by atoms with Crippen LogP contribution in [0.4, 0.5) is 0 Å². The molecular formula is C20H35IN4O2. The maximum Gasteiger partial charge on any atom is 0.251 e. The Labute approximate surface area is 181 Å². The molecule has 1 aromatic carbocycles. The Kier molecular flexibility index (Phi) is 14.9. The summed E-state index contributed by atoms with van der Waals surface area (Å²) in [4.78, 5) is 16.2. The molecule has 0 radical (unpaired) electrons. The molecule has 0 aliphatic rings. The van der Waals surface area contributed by atoms with Crippen molar-refractivity contribution in [3.05, 3.63) is 35.4 Å². The van der Waals surface area contributed by atoms with Crippen molar-refractivity contribution in [1.29, 1.82) is 0 Å². The van der Waals surface area contributed by atoms with Crippen LogP contribution in [0.25, 0.3) is 0 Å². The van der Waals surface area contributed by atoms with Gasteiger partial charge in [0, 0.05) is 32.3 Å². The molecule has 0 aliphatic carbocycles. The van der Waals surface area contributed by atoms with E-state index < -0.39 is 0 Å². The van der Waals surface area contributed by atoms with Gasteiger partial charge < -0.3 is 20.7 Å². The summed E-state index contributed by atoms with van der Waals surface area (Å²) in [5.41, 5.74) is 1.80.